The third kappa shape index (κ3) is 1.87. The lowest BCUT2D eigenvalue weighted by Gasteiger charge is -2.04. The molecule has 0 atom stereocenters. The van der Waals surface area contributed by atoms with E-state index >= 15 is 0 Å². The molecule has 0 N–H and O–H groups in total. The summed E-state index contributed by atoms with van der Waals surface area (Å²) >= 11 is 3.46. The molecule has 1 rings (SSSR count). The Hall–Kier alpha value is 0.230. The van der Waals surface area contributed by atoms with Gasteiger partial charge in [0.1, 0.15) is 5.82 Å². The molecule has 0 aliphatic rings. The maximum Gasteiger partial charge on any atom is 0.150 e. The molecule has 1 aromatic carbocycles. The van der Waals surface area contributed by atoms with Crippen LogP contribution in [-0.2, 0) is 0 Å². The average molecular weight is 282 g/mol. The standard InChI is InChI=1S/C8H8FIS/c1-5-3-4-6(10)7(9)8(5)11-2/h3-4H,1-2H3. The van der Waals surface area contributed by atoms with E-state index in [2.05, 4.69) is 0 Å². The second kappa shape index (κ2) is 3.76. The Labute approximate surface area is 83.7 Å². The highest BCUT2D eigenvalue weighted by molar-refractivity contribution is 14.1. The van der Waals surface area contributed by atoms with Gasteiger partial charge in [0, 0.05) is 8.47 Å². The van der Waals surface area contributed by atoms with Crippen LogP contribution in [0, 0.1) is 16.3 Å². The van der Waals surface area contributed by atoms with Crippen molar-refractivity contribution >= 4 is 34.4 Å². The number of aryl methyl sites for hydroxylation is 1. The Kier molecular flexibility index (Phi) is 3.18. The van der Waals surface area contributed by atoms with Crippen LogP contribution >= 0.6 is 34.4 Å². The zero-order chi connectivity index (χ0) is 8.43. The van der Waals surface area contributed by atoms with E-state index in [-0.39, 0.29) is 5.82 Å². The van der Waals surface area contributed by atoms with Crippen molar-refractivity contribution in [3.63, 3.8) is 0 Å². The molecule has 0 saturated heterocycles. The fraction of sp³-hybridized carbons (Fsp3) is 0.250. The number of hydrogen-bond acceptors (Lipinski definition) is 1. The van der Waals surface area contributed by atoms with Crippen LogP contribution in [0.15, 0.2) is 17.0 Å². The van der Waals surface area contributed by atoms with E-state index in [1.54, 1.807) is 6.07 Å². The van der Waals surface area contributed by atoms with Crippen molar-refractivity contribution in [3.05, 3.63) is 27.1 Å². The lowest BCUT2D eigenvalue weighted by atomic mass is 10.2. The Morgan fingerprint density at radius 1 is 1.45 bits per heavy atom. The van der Waals surface area contributed by atoms with Gasteiger partial charge in [0.2, 0.25) is 0 Å². The van der Waals surface area contributed by atoms with E-state index in [9.17, 15) is 4.39 Å². The van der Waals surface area contributed by atoms with Crippen molar-refractivity contribution in [2.75, 3.05) is 6.26 Å². The molecular formula is C8H8FIS. The van der Waals surface area contributed by atoms with E-state index < -0.39 is 0 Å². The third-order valence-corrected chi connectivity index (χ3v) is 3.19. The van der Waals surface area contributed by atoms with Crippen LogP contribution in [0.3, 0.4) is 0 Å². The lowest BCUT2D eigenvalue weighted by Crippen LogP contribution is -1.88. The van der Waals surface area contributed by atoms with Crippen LogP contribution in [0.4, 0.5) is 4.39 Å². The number of rotatable bonds is 1. The topological polar surface area (TPSA) is 0 Å². The summed E-state index contributed by atoms with van der Waals surface area (Å²) in [4.78, 5) is 0.761. The van der Waals surface area contributed by atoms with Crippen molar-refractivity contribution in [1.29, 1.82) is 0 Å². The van der Waals surface area contributed by atoms with Crippen LogP contribution in [0.2, 0.25) is 0 Å². The zero-order valence-corrected chi connectivity index (χ0v) is 9.29. The van der Waals surface area contributed by atoms with Gasteiger partial charge in [-0.25, -0.2) is 4.39 Å². The van der Waals surface area contributed by atoms with Gasteiger partial charge in [-0.2, -0.15) is 0 Å². The first kappa shape index (κ1) is 9.32. The molecular weight excluding hydrogens is 274 g/mol. The van der Waals surface area contributed by atoms with Gasteiger partial charge in [-0.1, -0.05) is 6.07 Å². The average Bonchev–Trinajstić information content (AvgIpc) is 1.99. The molecule has 0 unspecified atom stereocenters. The summed E-state index contributed by atoms with van der Waals surface area (Å²) in [6.45, 7) is 1.92. The van der Waals surface area contributed by atoms with E-state index in [1.807, 2.05) is 41.8 Å². The highest BCUT2D eigenvalue weighted by Crippen LogP contribution is 2.26. The molecule has 0 amide bonds. The summed E-state index contributed by atoms with van der Waals surface area (Å²) in [6.07, 6.45) is 1.89. The predicted octanol–water partition coefficient (Wildman–Crippen LogP) is 3.46. The van der Waals surface area contributed by atoms with E-state index in [4.69, 9.17) is 0 Å². The largest absolute Gasteiger partial charge is 0.205 e. The first-order chi connectivity index (χ1) is 5.16. The van der Waals surface area contributed by atoms with Crippen LogP contribution < -0.4 is 0 Å². The van der Waals surface area contributed by atoms with E-state index in [0.717, 1.165) is 10.5 Å². The van der Waals surface area contributed by atoms with Gasteiger partial charge in [-0.3, -0.25) is 0 Å². The molecule has 60 valence electrons. The minimum absolute atomic E-state index is 0.0851. The number of hydrogen-bond donors (Lipinski definition) is 0. The molecule has 0 aromatic heterocycles. The van der Waals surface area contributed by atoms with Crippen LogP contribution in [0.1, 0.15) is 5.56 Å². The minimum atomic E-state index is -0.0851. The third-order valence-electron chi connectivity index (χ3n) is 1.45. The molecule has 0 nitrogen and oxygen atoms in total. The number of halogens is 2. The molecule has 11 heavy (non-hydrogen) atoms. The summed E-state index contributed by atoms with van der Waals surface area (Å²) in [7, 11) is 0. The van der Waals surface area contributed by atoms with Gasteiger partial charge in [0.15, 0.2) is 0 Å². The normalized spacial score (nSPS) is 10.2. The summed E-state index contributed by atoms with van der Waals surface area (Å²) in [5.74, 6) is -0.0851. The molecule has 0 saturated carbocycles. The summed E-state index contributed by atoms with van der Waals surface area (Å²) < 4.78 is 13.9. The second-order valence-corrected chi connectivity index (χ2v) is 4.19. The van der Waals surface area contributed by atoms with Crippen LogP contribution in [0.5, 0.6) is 0 Å². The van der Waals surface area contributed by atoms with Crippen molar-refractivity contribution in [3.8, 4) is 0 Å². The molecule has 0 radical (unpaired) electrons. The van der Waals surface area contributed by atoms with Gasteiger partial charge >= 0.3 is 0 Å². The molecule has 0 spiro atoms. The summed E-state index contributed by atoms with van der Waals surface area (Å²) in [5, 5.41) is 0. The maximum atomic E-state index is 13.2. The van der Waals surface area contributed by atoms with Crippen molar-refractivity contribution < 1.29 is 4.39 Å². The van der Waals surface area contributed by atoms with E-state index in [1.165, 1.54) is 11.8 Å². The predicted molar refractivity (Wildman–Crippen MR) is 55.6 cm³/mol. The smallest absolute Gasteiger partial charge is 0.150 e. The monoisotopic (exact) mass is 282 g/mol. The first-order valence-corrected chi connectivity index (χ1v) is 5.45. The Morgan fingerprint density at radius 2 is 2.09 bits per heavy atom. The van der Waals surface area contributed by atoms with Gasteiger partial charge in [-0.15, -0.1) is 11.8 Å². The zero-order valence-electron chi connectivity index (χ0n) is 6.32. The Morgan fingerprint density at radius 3 is 2.55 bits per heavy atom. The van der Waals surface area contributed by atoms with Crippen molar-refractivity contribution in [2.45, 2.75) is 11.8 Å². The molecule has 0 heterocycles. The molecule has 0 fully saturated rings. The van der Waals surface area contributed by atoms with Crippen molar-refractivity contribution in [2.24, 2.45) is 0 Å². The quantitative estimate of drug-likeness (QED) is 0.561. The fourth-order valence-electron chi connectivity index (χ4n) is 0.879. The maximum absolute atomic E-state index is 13.2. The molecule has 1 aromatic rings. The van der Waals surface area contributed by atoms with Crippen LogP contribution in [-0.4, -0.2) is 6.26 Å². The Bertz CT molecular complexity index is 273. The second-order valence-electron chi connectivity index (χ2n) is 2.21. The first-order valence-electron chi connectivity index (χ1n) is 3.15. The lowest BCUT2D eigenvalue weighted by molar-refractivity contribution is 0.592. The summed E-state index contributed by atoms with van der Waals surface area (Å²) in [5.41, 5.74) is 1.01. The number of thioether (sulfide) groups is 1. The van der Waals surface area contributed by atoms with Gasteiger partial charge in [-0.05, 0) is 47.4 Å². The van der Waals surface area contributed by atoms with E-state index in [0.29, 0.717) is 3.57 Å². The fourth-order valence-corrected chi connectivity index (χ4v) is 2.19. The SMILES string of the molecule is CSc1c(C)ccc(I)c1F. The van der Waals surface area contributed by atoms with Gasteiger partial charge < -0.3 is 0 Å². The van der Waals surface area contributed by atoms with Gasteiger partial charge in [0.25, 0.3) is 0 Å². The molecule has 0 bridgehead atoms. The molecule has 0 aliphatic carbocycles. The summed E-state index contributed by atoms with van der Waals surface area (Å²) in [6, 6.07) is 3.74. The highest BCUT2D eigenvalue weighted by Gasteiger charge is 2.07. The Balaban J connectivity index is 3.29. The minimum Gasteiger partial charge on any atom is -0.205 e. The highest BCUT2D eigenvalue weighted by atomic mass is 127. The molecule has 0 aliphatic heterocycles. The van der Waals surface area contributed by atoms with Crippen LogP contribution in [0.25, 0.3) is 0 Å². The molecule has 3 heteroatoms. The van der Waals surface area contributed by atoms with Crippen molar-refractivity contribution in [1.82, 2.24) is 0 Å². The van der Waals surface area contributed by atoms with Gasteiger partial charge in [0.05, 0.1) is 0 Å². The number of benzene rings is 1.